The highest BCUT2D eigenvalue weighted by atomic mass is 32.1. The van der Waals surface area contributed by atoms with E-state index >= 15 is 0 Å². The number of nitrogens with zero attached hydrogens (tertiary/aromatic N) is 5. The normalized spacial score (nSPS) is 12.0. The Balaban J connectivity index is 1.89. The molecule has 0 fully saturated rings. The van der Waals surface area contributed by atoms with Crippen LogP contribution in [0.25, 0.3) is 16.3 Å². The second-order valence-corrected chi connectivity index (χ2v) is 8.84. The summed E-state index contributed by atoms with van der Waals surface area (Å²) >= 11 is 1.40. The molecule has 0 unspecified atom stereocenters. The number of aliphatic imine (C=N–C) groups is 1. The molecule has 3 aromatic rings. The molecular formula is C26H31N7OS. The molecule has 35 heavy (non-hydrogen) atoms. The quantitative estimate of drug-likeness (QED) is 0.254. The molecule has 0 bridgehead atoms. The van der Waals surface area contributed by atoms with Gasteiger partial charge >= 0.3 is 0 Å². The van der Waals surface area contributed by atoms with Crippen LogP contribution >= 0.6 is 11.3 Å². The van der Waals surface area contributed by atoms with E-state index in [1.54, 1.807) is 11.6 Å². The summed E-state index contributed by atoms with van der Waals surface area (Å²) in [4.78, 5) is 22.0. The first kappa shape index (κ1) is 25.8. The zero-order valence-electron chi connectivity index (χ0n) is 20.3. The van der Waals surface area contributed by atoms with E-state index < -0.39 is 5.91 Å². The third-order valence-electron chi connectivity index (χ3n) is 5.19. The van der Waals surface area contributed by atoms with Crippen LogP contribution in [0, 0.1) is 0 Å². The van der Waals surface area contributed by atoms with E-state index in [-0.39, 0.29) is 5.70 Å². The van der Waals surface area contributed by atoms with E-state index in [1.807, 2.05) is 75.6 Å². The highest BCUT2D eigenvalue weighted by Crippen LogP contribution is 2.28. The first-order valence-corrected chi connectivity index (χ1v) is 12.1. The average molecular weight is 490 g/mol. The molecule has 0 aliphatic heterocycles. The molecule has 1 aromatic heterocycles. The van der Waals surface area contributed by atoms with Crippen molar-refractivity contribution in [2.75, 3.05) is 39.0 Å². The molecule has 3 rings (SSSR count). The van der Waals surface area contributed by atoms with Gasteiger partial charge in [0.15, 0.2) is 0 Å². The van der Waals surface area contributed by atoms with E-state index in [1.165, 1.54) is 11.3 Å². The van der Waals surface area contributed by atoms with Crippen LogP contribution < -0.4 is 11.1 Å². The number of amides is 1. The maximum Gasteiger partial charge on any atom is 0.271 e. The Hall–Kier alpha value is -3.82. The number of carbonyl (C=O) groups excluding carboxylic acids is 1. The first-order valence-electron chi connectivity index (χ1n) is 11.3. The fraction of sp³-hybridized carbons (Fsp3) is 0.231. The minimum atomic E-state index is -0.427. The summed E-state index contributed by atoms with van der Waals surface area (Å²) < 4.78 is 0. The van der Waals surface area contributed by atoms with Crippen LogP contribution in [0.1, 0.15) is 12.5 Å². The third kappa shape index (κ3) is 7.33. The summed E-state index contributed by atoms with van der Waals surface area (Å²) in [5.74, 6) is 0.150. The van der Waals surface area contributed by atoms with Crippen molar-refractivity contribution < 1.29 is 4.79 Å². The average Bonchev–Trinajstić information content (AvgIpc) is 3.39. The maximum atomic E-state index is 13.1. The molecule has 8 nitrogen and oxygen atoms in total. The van der Waals surface area contributed by atoms with Crippen LogP contribution in [-0.2, 0) is 4.79 Å². The summed E-state index contributed by atoms with van der Waals surface area (Å²) in [7, 11) is 4.03. The van der Waals surface area contributed by atoms with Gasteiger partial charge in [-0.2, -0.15) is 0 Å². The molecule has 9 heteroatoms. The molecular weight excluding hydrogens is 458 g/mol. The van der Waals surface area contributed by atoms with Gasteiger partial charge in [-0.3, -0.25) is 4.79 Å². The standard InChI is InChI=1S/C26H31N7OS/c1-5-33(16-15-32(3)4)24(29-19(2)20-11-7-6-8-12-20)17-22(27)25(34)30-23-14-10-9-13-21(23)26-31-28-18-35-26/h6-14,17-18H,2,5,15-16,27H2,1,3-4H3,(H,30,34)/b22-17-,29-24+. The summed E-state index contributed by atoms with van der Waals surface area (Å²) in [6, 6.07) is 17.1. The smallest absolute Gasteiger partial charge is 0.271 e. The Morgan fingerprint density at radius 2 is 1.86 bits per heavy atom. The lowest BCUT2D eigenvalue weighted by atomic mass is 10.2. The number of likely N-dealkylation sites (N-methyl/N-ethyl adjacent to an activating group) is 2. The van der Waals surface area contributed by atoms with Gasteiger partial charge < -0.3 is 20.9 Å². The summed E-state index contributed by atoms with van der Waals surface area (Å²) in [6.07, 6.45) is 1.61. The van der Waals surface area contributed by atoms with Gasteiger partial charge in [0.2, 0.25) is 0 Å². The molecule has 0 aliphatic carbocycles. The Bertz CT molecular complexity index is 1190. The van der Waals surface area contributed by atoms with Crippen molar-refractivity contribution in [1.29, 1.82) is 0 Å². The van der Waals surface area contributed by atoms with Crippen molar-refractivity contribution in [3.05, 3.63) is 84.0 Å². The molecule has 0 spiro atoms. The van der Waals surface area contributed by atoms with Crippen molar-refractivity contribution in [2.45, 2.75) is 6.92 Å². The molecule has 1 heterocycles. The topological polar surface area (TPSA) is 99.7 Å². The maximum absolute atomic E-state index is 13.1. The van der Waals surface area contributed by atoms with Crippen molar-refractivity contribution >= 4 is 34.5 Å². The largest absolute Gasteiger partial charge is 0.394 e. The molecule has 0 aliphatic rings. The number of hydrogen-bond acceptors (Lipinski definition) is 7. The summed E-state index contributed by atoms with van der Waals surface area (Å²) in [5.41, 5.74) is 10.8. The number of anilines is 1. The minimum absolute atomic E-state index is 0.0416. The molecule has 0 saturated heterocycles. The molecule has 1 amide bonds. The van der Waals surface area contributed by atoms with Gasteiger partial charge in [0.05, 0.1) is 11.4 Å². The van der Waals surface area contributed by atoms with Crippen molar-refractivity contribution in [3.63, 3.8) is 0 Å². The molecule has 0 atom stereocenters. The lowest BCUT2D eigenvalue weighted by molar-refractivity contribution is -0.112. The van der Waals surface area contributed by atoms with Crippen LogP contribution in [0.5, 0.6) is 0 Å². The van der Waals surface area contributed by atoms with Gasteiger partial charge in [-0.15, -0.1) is 10.2 Å². The van der Waals surface area contributed by atoms with Crippen molar-refractivity contribution in [1.82, 2.24) is 20.0 Å². The summed E-state index contributed by atoms with van der Waals surface area (Å²) in [5, 5.41) is 11.6. The molecule has 0 radical (unpaired) electrons. The number of rotatable bonds is 10. The lowest BCUT2D eigenvalue weighted by Crippen LogP contribution is -2.36. The Morgan fingerprint density at radius 3 is 2.51 bits per heavy atom. The number of para-hydroxylation sites is 1. The fourth-order valence-corrected chi connectivity index (χ4v) is 3.84. The van der Waals surface area contributed by atoms with Crippen LogP contribution in [0.4, 0.5) is 5.69 Å². The van der Waals surface area contributed by atoms with E-state index in [0.717, 1.165) is 24.2 Å². The van der Waals surface area contributed by atoms with Gasteiger partial charge in [0, 0.05) is 31.3 Å². The van der Waals surface area contributed by atoms with Crippen LogP contribution in [0.2, 0.25) is 0 Å². The second-order valence-electron chi connectivity index (χ2n) is 8.01. The van der Waals surface area contributed by atoms with E-state index in [2.05, 4.69) is 31.9 Å². The number of aromatic nitrogens is 2. The highest BCUT2D eigenvalue weighted by Gasteiger charge is 2.15. The molecule has 182 valence electrons. The van der Waals surface area contributed by atoms with Gasteiger partial charge in [0.1, 0.15) is 22.1 Å². The lowest BCUT2D eigenvalue weighted by Gasteiger charge is -2.25. The number of benzene rings is 2. The summed E-state index contributed by atoms with van der Waals surface area (Å²) in [6.45, 7) is 8.40. The van der Waals surface area contributed by atoms with Crippen LogP contribution in [0.3, 0.4) is 0 Å². The monoisotopic (exact) mass is 489 g/mol. The van der Waals surface area contributed by atoms with E-state index in [0.29, 0.717) is 28.8 Å². The number of nitrogens with one attached hydrogen (secondary N) is 1. The Labute approximate surface area is 210 Å². The van der Waals surface area contributed by atoms with Gasteiger partial charge in [-0.05, 0) is 38.7 Å². The fourth-order valence-electron chi connectivity index (χ4n) is 3.25. The molecule has 0 saturated carbocycles. The highest BCUT2D eigenvalue weighted by molar-refractivity contribution is 7.12. The predicted molar refractivity (Wildman–Crippen MR) is 145 cm³/mol. The Kier molecular flexibility index (Phi) is 9.28. The zero-order chi connectivity index (χ0) is 25.2. The Morgan fingerprint density at radius 1 is 1.14 bits per heavy atom. The van der Waals surface area contributed by atoms with Crippen LogP contribution in [-0.4, -0.2) is 65.5 Å². The number of hydrogen-bond donors (Lipinski definition) is 2. The number of nitrogens with two attached hydrogens (primary N) is 1. The van der Waals surface area contributed by atoms with Gasteiger partial charge in [-0.25, -0.2) is 4.99 Å². The van der Waals surface area contributed by atoms with Crippen LogP contribution in [0.15, 0.2) is 83.5 Å². The first-order chi connectivity index (χ1) is 16.9. The van der Waals surface area contributed by atoms with Crippen molar-refractivity contribution in [2.24, 2.45) is 10.7 Å². The van der Waals surface area contributed by atoms with E-state index in [9.17, 15) is 4.79 Å². The SMILES string of the molecule is C=C(/N=C(\C=C(/N)C(=O)Nc1ccccc1-c1nncs1)N(CC)CCN(C)C)c1ccccc1. The second kappa shape index (κ2) is 12.6. The van der Waals surface area contributed by atoms with Crippen molar-refractivity contribution in [3.8, 4) is 10.6 Å². The third-order valence-corrected chi connectivity index (χ3v) is 5.92. The molecule has 3 N–H and O–H groups in total. The zero-order valence-corrected chi connectivity index (χ0v) is 21.1. The number of carbonyl (C=O) groups is 1. The predicted octanol–water partition coefficient (Wildman–Crippen LogP) is 3.94. The van der Waals surface area contributed by atoms with Gasteiger partial charge in [-0.1, -0.05) is 60.4 Å². The number of amidine groups is 1. The van der Waals surface area contributed by atoms with Gasteiger partial charge in [0.25, 0.3) is 5.91 Å². The minimum Gasteiger partial charge on any atom is -0.394 e. The van der Waals surface area contributed by atoms with E-state index in [4.69, 9.17) is 10.7 Å². The molecule has 2 aromatic carbocycles.